The van der Waals surface area contributed by atoms with Crippen LogP contribution in [0.15, 0.2) is 0 Å². The standard InChI is InChI=1S/C11H22N2O/c1-3-11-6-9(4-5-14-11)13(2)10-7-12-8-10/h9-12H,3-8H2,1-2H3. The molecule has 2 saturated heterocycles. The zero-order valence-corrected chi connectivity index (χ0v) is 9.33. The first-order chi connectivity index (χ1) is 6.81. The molecule has 1 N–H and O–H groups in total. The summed E-state index contributed by atoms with van der Waals surface area (Å²) >= 11 is 0. The van der Waals surface area contributed by atoms with Crippen LogP contribution in [0.3, 0.4) is 0 Å². The van der Waals surface area contributed by atoms with E-state index in [9.17, 15) is 0 Å². The lowest BCUT2D eigenvalue weighted by Gasteiger charge is -2.43. The number of nitrogens with zero attached hydrogens (tertiary/aromatic N) is 1. The van der Waals surface area contributed by atoms with Gasteiger partial charge in [0.25, 0.3) is 0 Å². The number of rotatable bonds is 3. The van der Waals surface area contributed by atoms with Crippen LogP contribution >= 0.6 is 0 Å². The lowest BCUT2D eigenvalue weighted by Crippen LogP contribution is -2.59. The van der Waals surface area contributed by atoms with E-state index in [-0.39, 0.29) is 0 Å². The quantitative estimate of drug-likeness (QED) is 0.727. The predicted octanol–water partition coefficient (Wildman–Crippen LogP) is 0.848. The van der Waals surface area contributed by atoms with Crippen LogP contribution in [-0.2, 0) is 4.74 Å². The van der Waals surface area contributed by atoms with Gasteiger partial charge in [-0.2, -0.15) is 0 Å². The summed E-state index contributed by atoms with van der Waals surface area (Å²) in [6.07, 6.45) is 4.10. The number of likely N-dealkylation sites (N-methyl/N-ethyl adjacent to an activating group) is 1. The Hall–Kier alpha value is -0.120. The molecule has 0 amide bonds. The second-order valence-electron chi connectivity index (χ2n) is 4.56. The second-order valence-corrected chi connectivity index (χ2v) is 4.56. The molecule has 3 nitrogen and oxygen atoms in total. The number of nitrogens with one attached hydrogen (secondary N) is 1. The highest BCUT2D eigenvalue weighted by atomic mass is 16.5. The maximum atomic E-state index is 5.70. The molecule has 2 fully saturated rings. The molecule has 2 atom stereocenters. The van der Waals surface area contributed by atoms with E-state index in [1.807, 2.05) is 0 Å². The Morgan fingerprint density at radius 2 is 2.14 bits per heavy atom. The lowest BCUT2D eigenvalue weighted by molar-refractivity contribution is -0.0357. The zero-order chi connectivity index (χ0) is 9.97. The van der Waals surface area contributed by atoms with Gasteiger partial charge in [0.2, 0.25) is 0 Å². The van der Waals surface area contributed by atoms with Crippen LogP contribution in [0.25, 0.3) is 0 Å². The normalized spacial score (nSPS) is 34.5. The van der Waals surface area contributed by atoms with Crippen LogP contribution in [0.2, 0.25) is 0 Å². The number of hydrogen-bond donors (Lipinski definition) is 1. The van der Waals surface area contributed by atoms with Crippen molar-refractivity contribution in [1.29, 1.82) is 0 Å². The van der Waals surface area contributed by atoms with Crippen molar-refractivity contribution in [2.75, 3.05) is 26.7 Å². The van der Waals surface area contributed by atoms with Crippen LogP contribution in [0.5, 0.6) is 0 Å². The molecule has 2 aliphatic rings. The van der Waals surface area contributed by atoms with Crippen molar-refractivity contribution in [2.24, 2.45) is 0 Å². The van der Waals surface area contributed by atoms with Crippen LogP contribution in [0.4, 0.5) is 0 Å². The third kappa shape index (κ3) is 2.10. The maximum Gasteiger partial charge on any atom is 0.0587 e. The van der Waals surface area contributed by atoms with E-state index < -0.39 is 0 Å². The highest BCUT2D eigenvalue weighted by Crippen LogP contribution is 2.22. The smallest absolute Gasteiger partial charge is 0.0587 e. The first-order valence-corrected chi connectivity index (χ1v) is 5.85. The van der Waals surface area contributed by atoms with Crippen molar-refractivity contribution in [3.05, 3.63) is 0 Å². The molecule has 0 saturated carbocycles. The first-order valence-electron chi connectivity index (χ1n) is 5.85. The van der Waals surface area contributed by atoms with E-state index in [1.54, 1.807) is 0 Å². The summed E-state index contributed by atoms with van der Waals surface area (Å²) in [5, 5.41) is 3.33. The highest BCUT2D eigenvalue weighted by molar-refractivity contribution is 4.88. The molecule has 0 aromatic rings. The van der Waals surface area contributed by atoms with Crippen molar-refractivity contribution < 1.29 is 4.74 Å². The predicted molar refractivity (Wildman–Crippen MR) is 57.5 cm³/mol. The summed E-state index contributed by atoms with van der Waals surface area (Å²) in [6.45, 7) is 5.51. The van der Waals surface area contributed by atoms with Gasteiger partial charge in [-0.05, 0) is 26.3 Å². The Morgan fingerprint density at radius 1 is 1.36 bits per heavy atom. The van der Waals surface area contributed by atoms with Gasteiger partial charge in [0.05, 0.1) is 6.10 Å². The molecule has 2 unspecified atom stereocenters. The number of hydrogen-bond acceptors (Lipinski definition) is 3. The monoisotopic (exact) mass is 198 g/mol. The molecule has 2 aliphatic heterocycles. The van der Waals surface area contributed by atoms with E-state index in [0.29, 0.717) is 6.10 Å². The van der Waals surface area contributed by atoms with Crippen LogP contribution in [-0.4, -0.2) is 49.8 Å². The Kier molecular flexibility index (Phi) is 3.42. The summed E-state index contributed by atoms with van der Waals surface area (Å²) in [5.74, 6) is 0. The fraction of sp³-hybridized carbons (Fsp3) is 1.00. The Labute approximate surface area is 86.8 Å². The maximum absolute atomic E-state index is 5.70. The third-order valence-electron chi connectivity index (χ3n) is 3.71. The molecule has 2 heterocycles. The van der Waals surface area contributed by atoms with Crippen LogP contribution < -0.4 is 5.32 Å². The first kappa shape index (κ1) is 10.4. The summed E-state index contributed by atoms with van der Waals surface area (Å²) in [6, 6.07) is 1.52. The summed E-state index contributed by atoms with van der Waals surface area (Å²) < 4.78 is 5.70. The van der Waals surface area contributed by atoms with Crippen molar-refractivity contribution in [3.8, 4) is 0 Å². The fourth-order valence-electron chi connectivity index (χ4n) is 2.37. The SMILES string of the molecule is CCC1CC(N(C)C2CNC2)CCO1. The van der Waals surface area contributed by atoms with Crippen LogP contribution in [0, 0.1) is 0 Å². The Balaban J connectivity index is 1.83. The largest absolute Gasteiger partial charge is 0.378 e. The zero-order valence-electron chi connectivity index (χ0n) is 9.33. The number of ether oxygens (including phenoxy) is 1. The summed E-state index contributed by atoms with van der Waals surface area (Å²) in [4.78, 5) is 2.56. The molecule has 0 bridgehead atoms. The van der Waals surface area contributed by atoms with Gasteiger partial charge in [0, 0.05) is 31.8 Å². The minimum atomic E-state index is 0.504. The van der Waals surface area contributed by atoms with Gasteiger partial charge in [-0.15, -0.1) is 0 Å². The van der Waals surface area contributed by atoms with Gasteiger partial charge < -0.3 is 10.1 Å². The molecule has 0 radical (unpaired) electrons. The van der Waals surface area contributed by atoms with Crippen molar-refractivity contribution in [3.63, 3.8) is 0 Å². The van der Waals surface area contributed by atoms with Gasteiger partial charge in [-0.1, -0.05) is 6.92 Å². The van der Waals surface area contributed by atoms with Crippen LogP contribution in [0.1, 0.15) is 26.2 Å². The average Bonchev–Trinajstić information content (AvgIpc) is 2.15. The molecular formula is C11H22N2O. The molecular weight excluding hydrogens is 176 g/mol. The van der Waals surface area contributed by atoms with E-state index in [0.717, 1.165) is 25.1 Å². The lowest BCUT2D eigenvalue weighted by atomic mass is 9.98. The van der Waals surface area contributed by atoms with Crippen molar-refractivity contribution in [2.45, 2.75) is 44.4 Å². The minimum absolute atomic E-state index is 0.504. The second kappa shape index (κ2) is 4.60. The Morgan fingerprint density at radius 3 is 2.71 bits per heavy atom. The molecule has 14 heavy (non-hydrogen) atoms. The van der Waals surface area contributed by atoms with Gasteiger partial charge in [-0.3, -0.25) is 4.90 Å². The molecule has 2 rings (SSSR count). The summed E-state index contributed by atoms with van der Waals surface area (Å²) in [7, 11) is 2.27. The molecule has 0 aromatic heterocycles. The van der Waals surface area contributed by atoms with E-state index in [1.165, 1.54) is 25.9 Å². The van der Waals surface area contributed by atoms with E-state index in [2.05, 4.69) is 24.2 Å². The molecule has 0 aromatic carbocycles. The van der Waals surface area contributed by atoms with Crippen molar-refractivity contribution >= 4 is 0 Å². The minimum Gasteiger partial charge on any atom is -0.378 e. The average molecular weight is 198 g/mol. The van der Waals surface area contributed by atoms with Gasteiger partial charge in [-0.25, -0.2) is 0 Å². The molecule has 3 heteroatoms. The van der Waals surface area contributed by atoms with E-state index in [4.69, 9.17) is 4.74 Å². The van der Waals surface area contributed by atoms with Gasteiger partial charge in [0.15, 0.2) is 0 Å². The molecule has 0 aliphatic carbocycles. The highest BCUT2D eigenvalue weighted by Gasteiger charge is 2.30. The van der Waals surface area contributed by atoms with E-state index >= 15 is 0 Å². The summed E-state index contributed by atoms with van der Waals surface area (Å²) in [5.41, 5.74) is 0. The van der Waals surface area contributed by atoms with Gasteiger partial charge in [0.1, 0.15) is 0 Å². The third-order valence-corrected chi connectivity index (χ3v) is 3.71. The Bertz CT molecular complexity index is 182. The molecule has 0 spiro atoms. The van der Waals surface area contributed by atoms with Crippen molar-refractivity contribution in [1.82, 2.24) is 10.2 Å². The van der Waals surface area contributed by atoms with Gasteiger partial charge >= 0.3 is 0 Å². The fourth-order valence-corrected chi connectivity index (χ4v) is 2.37. The topological polar surface area (TPSA) is 24.5 Å². The molecule has 82 valence electrons.